The largest absolute Gasteiger partial charge is 0.490 e. The van der Waals surface area contributed by atoms with Gasteiger partial charge in [0.25, 0.3) is 0 Å². The molecule has 1 unspecified atom stereocenters. The highest BCUT2D eigenvalue weighted by atomic mass is 16.5. The van der Waals surface area contributed by atoms with Crippen molar-refractivity contribution in [2.45, 2.75) is 57.1 Å². The number of hydrogen-bond donors (Lipinski definition) is 1. The van der Waals surface area contributed by atoms with Crippen LogP contribution < -0.4 is 10.5 Å². The van der Waals surface area contributed by atoms with Gasteiger partial charge in [-0.05, 0) is 62.6 Å². The van der Waals surface area contributed by atoms with Crippen LogP contribution in [-0.2, 0) is 12.8 Å². The standard InChI is InChI=1S/C15H21NO/c1-11-2-4-13-5-3-12(10-14(13)17-11)6-7-15(16)8-9-15/h3,5,10-11H,2,4,6-9,16H2,1H3. The fraction of sp³-hybridized carbons (Fsp3) is 0.600. The molecular formula is C15H21NO. The molecule has 1 aromatic rings. The Morgan fingerprint density at radius 3 is 3.00 bits per heavy atom. The van der Waals surface area contributed by atoms with Crippen molar-refractivity contribution in [3.8, 4) is 5.75 Å². The third-order valence-corrected chi connectivity index (χ3v) is 4.08. The van der Waals surface area contributed by atoms with E-state index in [0.717, 1.165) is 31.4 Å². The van der Waals surface area contributed by atoms with Crippen LogP contribution in [0.2, 0.25) is 0 Å². The highest BCUT2D eigenvalue weighted by molar-refractivity contribution is 5.39. The van der Waals surface area contributed by atoms with Gasteiger partial charge in [-0.15, -0.1) is 0 Å². The zero-order chi connectivity index (χ0) is 11.9. The van der Waals surface area contributed by atoms with Gasteiger partial charge in [-0.2, -0.15) is 0 Å². The maximum atomic E-state index is 6.12. The van der Waals surface area contributed by atoms with E-state index in [2.05, 4.69) is 25.1 Å². The zero-order valence-corrected chi connectivity index (χ0v) is 10.5. The minimum absolute atomic E-state index is 0.157. The molecule has 1 atom stereocenters. The summed E-state index contributed by atoms with van der Waals surface area (Å²) in [6, 6.07) is 6.69. The number of ether oxygens (including phenoxy) is 1. The summed E-state index contributed by atoms with van der Waals surface area (Å²) < 4.78 is 5.89. The van der Waals surface area contributed by atoms with E-state index in [4.69, 9.17) is 10.5 Å². The number of nitrogens with two attached hydrogens (primary N) is 1. The molecular weight excluding hydrogens is 210 g/mol. The molecule has 2 aliphatic rings. The second-order valence-electron chi connectivity index (χ2n) is 5.77. The monoisotopic (exact) mass is 231 g/mol. The van der Waals surface area contributed by atoms with Gasteiger partial charge in [0.15, 0.2) is 0 Å². The molecule has 2 heteroatoms. The first-order valence-corrected chi connectivity index (χ1v) is 6.72. The van der Waals surface area contributed by atoms with E-state index in [1.807, 2.05) is 0 Å². The molecule has 0 aromatic heterocycles. The third-order valence-electron chi connectivity index (χ3n) is 4.08. The van der Waals surface area contributed by atoms with Crippen molar-refractivity contribution in [1.29, 1.82) is 0 Å². The van der Waals surface area contributed by atoms with E-state index in [9.17, 15) is 0 Å². The first kappa shape index (κ1) is 11.1. The lowest BCUT2D eigenvalue weighted by Crippen LogP contribution is -2.22. The normalized spacial score (nSPS) is 24.9. The van der Waals surface area contributed by atoms with Crippen LogP contribution in [0.5, 0.6) is 5.75 Å². The van der Waals surface area contributed by atoms with Gasteiger partial charge in [0.2, 0.25) is 0 Å². The van der Waals surface area contributed by atoms with Crippen LogP contribution in [0.1, 0.15) is 43.7 Å². The molecule has 2 N–H and O–H groups in total. The quantitative estimate of drug-likeness (QED) is 0.868. The Labute approximate surface area is 103 Å². The van der Waals surface area contributed by atoms with E-state index in [1.54, 1.807) is 0 Å². The molecule has 1 aliphatic heterocycles. The summed E-state index contributed by atoms with van der Waals surface area (Å²) in [6.07, 6.45) is 7.25. The predicted molar refractivity (Wildman–Crippen MR) is 69.3 cm³/mol. The summed E-state index contributed by atoms with van der Waals surface area (Å²) in [5, 5.41) is 0. The second kappa shape index (κ2) is 4.02. The first-order valence-electron chi connectivity index (χ1n) is 6.72. The Morgan fingerprint density at radius 2 is 2.24 bits per heavy atom. The van der Waals surface area contributed by atoms with Crippen molar-refractivity contribution in [3.05, 3.63) is 29.3 Å². The van der Waals surface area contributed by atoms with Crippen LogP contribution in [0, 0.1) is 0 Å². The Balaban J connectivity index is 1.71. The minimum atomic E-state index is 0.157. The van der Waals surface area contributed by atoms with Gasteiger partial charge in [0.1, 0.15) is 5.75 Å². The van der Waals surface area contributed by atoms with Crippen molar-refractivity contribution in [2.24, 2.45) is 5.73 Å². The van der Waals surface area contributed by atoms with Gasteiger partial charge >= 0.3 is 0 Å². The molecule has 2 nitrogen and oxygen atoms in total. The molecule has 1 aromatic carbocycles. The Hall–Kier alpha value is -1.02. The van der Waals surface area contributed by atoms with E-state index >= 15 is 0 Å². The summed E-state index contributed by atoms with van der Waals surface area (Å²) in [5.41, 5.74) is 9.01. The molecule has 17 heavy (non-hydrogen) atoms. The molecule has 1 aliphatic carbocycles. The highest BCUT2D eigenvalue weighted by Crippen LogP contribution is 2.37. The lowest BCUT2D eigenvalue weighted by molar-refractivity contribution is 0.192. The second-order valence-corrected chi connectivity index (χ2v) is 5.77. The highest BCUT2D eigenvalue weighted by Gasteiger charge is 2.37. The molecule has 3 rings (SSSR count). The molecule has 0 amide bonds. The zero-order valence-electron chi connectivity index (χ0n) is 10.5. The van der Waals surface area contributed by atoms with E-state index in [1.165, 1.54) is 24.0 Å². The maximum absolute atomic E-state index is 6.12. The summed E-state index contributed by atoms with van der Waals surface area (Å²) in [6.45, 7) is 2.15. The molecule has 1 saturated carbocycles. The van der Waals surface area contributed by atoms with Crippen molar-refractivity contribution in [3.63, 3.8) is 0 Å². The van der Waals surface area contributed by atoms with Gasteiger partial charge in [-0.25, -0.2) is 0 Å². The Kier molecular flexibility index (Phi) is 2.62. The summed E-state index contributed by atoms with van der Waals surface area (Å²) in [4.78, 5) is 0. The number of fused-ring (bicyclic) bond motifs is 1. The summed E-state index contributed by atoms with van der Waals surface area (Å²) in [5.74, 6) is 1.10. The molecule has 0 spiro atoms. The van der Waals surface area contributed by atoms with E-state index in [-0.39, 0.29) is 5.54 Å². The van der Waals surface area contributed by atoms with Gasteiger partial charge < -0.3 is 10.5 Å². The SMILES string of the molecule is CC1CCc2ccc(CCC3(N)CC3)cc2O1. The van der Waals surface area contributed by atoms with Crippen LogP contribution in [0.3, 0.4) is 0 Å². The maximum Gasteiger partial charge on any atom is 0.123 e. The van der Waals surface area contributed by atoms with Crippen molar-refractivity contribution in [2.75, 3.05) is 0 Å². The first-order chi connectivity index (χ1) is 8.15. The number of hydrogen-bond acceptors (Lipinski definition) is 2. The lowest BCUT2D eigenvalue weighted by Gasteiger charge is -2.23. The molecule has 92 valence electrons. The molecule has 0 bridgehead atoms. The van der Waals surface area contributed by atoms with Gasteiger partial charge in [0, 0.05) is 5.54 Å². The number of benzene rings is 1. The predicted octanol–water partition coefficient (Wildman–Crippen LogP) is 2.82. The number of aryl methyl sites for hydroxylation is 2. The van der Waals surface area contributed by atoms with Crippen LogP contribution in [0.4, 0.5) is 0 Å². The van der Waals surface area contributed by atoms with Crippen LogP contribution in [-0.4, -0.2) is 11.6 Å². The molecule has 1 fully saturated rings. The average molecular weight is 231 g/mol. The minimum Gasteiger partial charge on any atom is -0.490 e. The third kappa shape index (κ3) is 2.47. The van der Waals surface area contributed by atoms with Crippen molar-refractivity contribution >= 4 is 0 Å². The van der Waals surface area contributed by atoms with E-state index in [0.29, 0.717) is 6.10 Å². The van der Waals surface area contributed by atoms with Gasteiger partial charge in [-0.1, -0.05) is 12.1 Å². The molecule has 0 radical (unpaired) electrons. The average Bonchev–Trinajstić information content (AvgIpc) is 3.05. The number of rotatable bonds is 3. The fourth-order valence-electron chi connectivity index (χ4n) is 2.51. The molecule has 1 heterocycles. The van der Waals surface area contributed by atoms with Crippen molar-refractivity contribution in [1.82, 2.24) is 0 Å². The van der Waals surface area contributed by atoms with E-state index < -0.39 is 0 Å². The van der Waals surface area contributed by atoms with Gasteiger partial charge in [-0.3, -0.25) is 0 Å². The van der Waals surface area contributed by atoms with Gasteiger partial charge in [0.05, 0.1) is 6.10 Å². The molecule has 0 saturated heterocycles. The van der Waals surface area contributed by atoms with Crippen LogP contribution >= 0.6 is 0 Å². The van der Waals surface area contributed by atoms with Crippen molar-refractivity contribution < 1.29 is 4.74 Å². The Bertz CT molecular complexity index is 423. The topological polar surface area (TPSA) is 35.2 Å². The lowest BCUT2D eigenvalue weighted by atomic mass is 9.98. The van der Waals surface area contributed by atoms with Crippen LogP contribution in [0.25, 0.3) is 0 Å². The van der Waals surface area contributed by atoms with Crippen LogP contribution in [0.15, 0.2) is 18.2 Å². The Morgan fingerprint density at radius 1 is 1.41 bits per heavy atom. The summed E-state index contributed by atoms with van der Waals surface area (Å²) >= 11 is 0. The fourth-order valence-corrected chi connectivity index (χ4v) is 2.51. The summed E-state index contributed by atoms with van der Waals surface area (Å²) in [7, 11) is 0. The smallest absolute Gasteiger partial charge is 0.123 e.